The molecule has 1 amide bonds. The Hall–Kier alpha value is -2.37. The van der Waals surface area contributed by atoms with E-state index in [4.69, 9.17) is 0 Å². The number of fused-ring (bicyclic) bond motifs is 5. The molecule has 0 atom stereocenters. The summed E-state index contributed by atoms with van der Waals surface area (Å²) in [6.07, 6.45) is 1.74. The third-order valence-corrected chi connectivity index (χ3v) is 3.15. The number of amides is 1. The number of hydrogen-bond donors (Lipinski definition) is 2. The molecule has 6 nitrogen and oxygen atoms in total. The summed E-state index contributed by atoms with van der Waals surface area (Å²) in [7, 11) is 0. The number of aromatic amines is 1. The molecular formula is C11H9N5O. The van der Waals surface area contributed by atoms with E-state index in [9.17, 15) is 4.79 Å². The maximum atomic E-state index is 11.8. The number of H-pyrrole nitrogens is 1. The molecule has 0 saturated carbocycles. The molecule has 6 heteroatoms. The lowest BCUT2D eigenvalue weighted by Crippen LogP contribution is -2.35. The molecule has 2 N–H and O–H groups in total. The Morgan fingerprint density at radius 1 is 1.29 bits per heavy atom. The Kier molecular flexibility index (Phi) is 1.46. The number of carbonyl (C=O) groups is 1. The summed E-state index contributed by atoms with van der Waals surface area (Å²) in [6.45, 7) is 1.35. The molecular weight excluding hydrogens is 218 g/mol. The van der Waals surface area contributed by atoms with Crippen LogP contribution in [-0.2, 0) is 6.54 Å². The second-order valence-electron chi connectivity index (χ2n) is 4.12. The van der Waals surface area contributed by atoms with E-state index < -0.39 is 0 Å². The quantitative estimate of drug-likeness (QED) is 0.592. The highest BCUT2D eigenvalue weighted by Crippen LogP contribution is 2.26. The van der Waals surface area contributed by atoms with E-state index in [1.54, 1.807) is 10.9 Å². The molecule has 1 aromatic carbocycles. The highest BCUT2D eigenvalue weighted by molar-refractivity contribution is 6.12. The molecule has 4 rings (SSSR count). The number of nitrogens with one attached hydrogen (secondary N) is 2. The van der Waals surface area contributed by atoms with E-state index >= 15 is 0 Å². The molecule has 0 spiro atoms. The second kappa shape index (κ2) is 2.85. The minimum atomic E-state index is -0.0541. The van der Waals surface area contributed by atoms with Crippen LogP contribution in [0.1, 0.15) is 10.5 Å². The zero-order valence-electron chi connectivity index (χ0n) is 8.90. The van der Waals surface area contributed by atoms with E-state index in [1.807, 2.05) is 12.1 Å². The van der Waals surface area contributed by atoms with Crippen LogP contribution >= 0.6 is 0 Å². The first-order valence-corrected chi connectivity index (χ1v) is 5.45. The summed E-state index contributed by atoms with van der Waals surface area (Å²) in [5.74, 6) is -0.0541. The maximum absolute atomic E-state index is 11.8. The largest absolute Gasteiger partial charge is 0.349 e. The molecule has 3 heterocycles. The van der Waals surface area contributed by atoms with Crippen molar-refractivity contribution in [1.82, 2.24) is 25.3 Å². The van der Waals surface area contributed by atoms with Crippen LogP contribution in [0.5, 0.6) is 0 Å². The van der Waals surface area contributed by atoms with Crippen LogP contribution in [0, 0.1) is 0 Å². The van der Waals surface area contributed by atoms with E-state index in [0.29, 0.717) is 12.2 Å². The van der Waals surface area contributed by atoms with Crippen LogP contribution in [-0.4, -0.2) is 32.4 Å². The molecule has 0 radical (unpaired) electrons. The number of rotatable bonds is 0. The van der Waals surface area contributed by atoms with E-state index in [-0.39, 0.29) is 5.91 Å². The number of benzene rings is 1. The highest BCUT2D eigenvalue weighted by Gasteiger charge is 2.22. The lowest BCUT2D eigenvalue weighted by Gasteiger charge is -2.13. The van der Waals surface area contributed by atoms with Gasteiger partial charge >= 0.3 is 0 Å². The molecule has 0 bridgehead atoms. The van der Waals surface area contributed by atoms with E-state index in [2.05, 4.69) is 20.6 Å². The predicted octanol–water partition coefficient (Wildman–Crippen LogP) is 0.656. The van der Waals surface area contributed by atoms with Crippen molar-refractivity contribution >= 4 is 27.7 Å². The SMILES string of the molecule is O=C1NCCn2nc3c(ccc4[nH]ncc43)c21. The van der Waals surface area contributed by atoms with Crippen molar-refractivity contribution in [2.24, 2.45) is 0 Å². The molecule has 0 saturated heterocycles. The topological polar surface area (TPSA) is 75.6 Å². The van der Waals surface area contributed by atoms with Crippen LogP contribution in [0.3, 0.4) is 0 Å². The number of hydrogen-bond acceptors (Lipinski definition) is 3. The van der Waals surface area contributed by atoms with Crippen molar-refractivity contribution in [3.8, 4) is 0 Å². The van der Waals surface area contributed by atoms with Crippen LogP contribution in [0.25, 0.3) is 21.8 Å². The van der Waals surface area contributed by atoms with Gasteiger partial charge in [-0.15, -0.1) is 0 Å². The van der Waals surface area contributed by atoms with Gasteiger partial charge in [0, 0.05) is 17.3 Å². The van der Waals surface area contributed by atoms with Gasteiger partial charge in [0.05, 0.1) is 18.3 Å². The lowest BCUT2D eigenvalue weighted by molar-refractivity contribution is 0.0926. The fraction of sp³-hybridized carbons (Fsp3) is 0.182. The Balaban J connectivity index is 2.20. The van der Waals surface area contributed by atoms with Gasteiger partial charge in [-0.2, -0.15) is 10.2 Å². The fourth-order valence-electron chi connectivity index (χ4n) is 2.37. The van der Waals surface area contributed by atoms with Crippen LogP contribution in [0.15, 0.2) is 18.3 Å². The summed E-state index contributed by atoms with van der Waals surface area (Å²) in [5.41, 5.74) is 2.42. The smallest absolute Gasteiger partial charge is 0.270 e. The first-order chi connectivity index (χ1) is 8.34. The van der Waals surface area contributed by atoms with Crippen molar-refractivity contribution < 1.29 is 4.79 Å². The average molecular weight is 227 g/mol. The normalized spacial score (nSPS) is 15.2. The van der Waals surface area contributed by atoms with Gasteiger partial charge in [-0.1, -0.05) is 0 Å². The van der Waals surface area contributed by atoms with E-state index in [1.165, 1.54) is 0 Å². The molecule has 84 valence electrons. The summed E-state index contributed by atoms with van der Waals surface area (Å²) in [6, 6.07) is 3.84. The third kappa shape index (κ3) is 1.01. The van der Waals surface area contributed by atoms with Gasteiger partial charge in [-0.25, -0.2) is 0 Å². The Morgan fingerprint density at radius 2 is 2.24 bits per heavy atom. The first kappa shape index (κ1) is 8.74. The summed E-state index contributed by atoms with van der Waals surface area (Å²) in [5, 5.41) is 16.1. The van der Waals surface area contributed by atoms with Crippen molar-refractivity contribution in [3.05, 3.63) is 24.0 Å². The molecule has 0 fully saturated rings. The Morgan fingerprint density at radius 3 is 3.18 bits per heavy atom. The molecule has 1 aliphatic heterocycles. The second-order valence-corrected chi connectivity index (χ2v) is 4.12. The first-order valence-electron chi connectivity index (χ1n) is 5.45. The van der Waals surface area contributed by atoms with Crippen molar-refractivity contribution in [2.45, 2.75) is 6.54 Å². The average Bonchev–Trinajstić information content (AvgIpc) is 2.91. The van der Waals surface area contributed by atoms with Gasteiger partial charge in [-0.3, -0.25) is 14.6 Å². The van der Waals surface area contributed by atoms with Crippen LogP contribution in [0.4, 0.5) is 0 Å². The predicted molar refractivity (Wildman–Crippen MR) is 61.7 cm³/mol. The summed E-state index contributed by atoms with van der Waals surface area (Å²) < 4.78 is 1.77. The summed E-state index contributed by atoms with van der Waals surface area (Å²) in [4.78, 5) is 11.8. The molecule has 0 aliphatic carbocycles. The fourth-order valence-corrected chi connectivity index (χ4v) is 2.37. The summed E-state index contributed by atoms with van der Waals surface area (Å²) >= 11 is 0. The number of aromatic nitrogens is 4. The lowest BCUT2D eigenvalue weighted by atomic mass is 10.1. The Labute approximate surface area is 95.6 Å². The molecule has 1 aliphatic rings. The third-order valence-electron chi connectivity index (χ3n) is 3.15. The van der Waals surface area contributed by atoms with Crippen molar-refractivity contribution in [3.63, 3.8) is 0 Å². The zero-order valence-corrected chi connectivity index (χ0v) is 8.90. The number of carbonyl (C=O) groups excluding carboxylic acids is 1. The van der Waals surface area contributed by atoms with Gasteiger partial charge in [0.2, 0.25) is 0 Å². The van der Waals surface area contributed by atoms with Gasteiger partial charge in [0.15, 0.2) is 0 Å². The van der Waals surface area contributed by atoms with Gasteiger partial charge < -0.3 is 5.32 Å². The zero-order chi connectivity index (χ0) is 11.4. The van der Waals surface area contributed by atoms with Crippen LogP contribution in [0.2, 0.25) is 0 Å². The van der Waals surface area contributed by atoms with Gasteiger partial charge in [-0.05, 0) is 12.1 Å². The monoisotopic (exact) mass is 227 g/mol. The Bertz CT molecular complexity index is 754. The highest BCUT2D eigenvalue weighted by atomic mass is 16.2. The molecule has 3 aromatic rings. The minimum absolute atomic E-state index is 0.0541. The standard InChI is InChI=1S/C11H9N5O/c17-11-10-6-1-2-8-7(5-13-14-8)9(6)15-16(10)4-3-12-11/h1-2,5H,3-4H2,(H,12,17)(H,13,14). The van der Waals surface area contributed by atoms with E-state index in [0.717, 1.165) is 28.4 Å². The molecule has 2 aromatic heterocycles. The minimum Gasteiger partial charge on any atom is -0.349 e. The van der Waals surface area contributed by atoms with Crippen molar-refractivity contribution in [1.29, 1.82) is 0 Å². The maximum Gasteiger partial charge on any atom is 0.270 e. The number of nitrogens with zero attached hydrogens (tertiary/aromatic N) is 3. The molecule has 0 unspecified atom stereocenters. The van der Waals surface area contributed by atoms with Gasteiger partial charge in [0.25, 0.3) is 5.91 Å². The molecule has 17 heavy (non-hydrogen) atoms. The van der Waals surface area contributed by atoms with Crippen LogP contribution < -0.4 is 5.32 Å². The van der Waals surface area contributed by atoms with Crippen molar-refractivity contribution in [2.75, 3.05) is 6.54 Å². The van der Waals surface area contributed by atoms with Gasteiger partial charge in [0.1, 0.15) is 11.2 Å².